The first-order valence-electron chi connectivity index (χ1n) is 5.55. The van der Waals surface area contributed by atoms with Gasteiger partial charge in [-0.05, 0) is 25.1 Å². The SMILES string of the molecule is Cc1c(Cl)nc2ncnn2c1Oc1ccc(F)cc1Cl. The molecule has 0 saturated carbocycles. The lowest BCUT2D eigenvalue weighted by atomic mass is 10.3. The van der Waals surface area contributed by atoms with Crippen LogP contribution in [0.2, 0.25) is 10.2 Å². The molecule has 8 heteroatoms. The monoisotopic (exact) mass is 312 g/mol. The summed E-state index contributed by atoms with van der Waals surface area (Å²) in [5.74, 6) is 0.466. The highest BCUT2D eigenvalue weighted by Crippen LogP contribution is 2.33. The molecule has 0 aliphatic rings. The van der Waals surface area contributed by atoms with Crippen molar-refractivity contribution in [2.45, 2.75) is 6.92 Å². The molecule has 0 unspecified atom stereocenters. The third kappa shape index (κ3) is 2.17. The Bertz CT molecular complexity index is 805. The van der Waals surface area contributed by atoms with Crippen molar-refractivity contribution < 1.29 is 9.13 Å². The minimum absolute atomic E-state index is 0.144. The summed E-state index contributed by atoms with van der Waals surface area (Å²) in [5, 5.41) is 4.40. The molecule has 5 nitrogen and oxygen atoms in total. The van der Waals surface area contributed by atoms with E-state index in [-0.39, 0.29) is 15.9 Å². The normalized spacial score (nSPS) is 11.0. The molecular formula is C12H7Cl2FN4O. The molecule has 2 heterocycles. The number of nitrogens with zero attached hydrogens (tertiary/aromatic N) is 4. The van der Waals surface area contributed by atoms with Crippen molar-refractivity contribution in [2.24, 2.45) is 0 Å². The van der Waals surface area contributed by atoms with Crippen LogP contribution in [0, 0.1) is 12.7 Å². The van der Waals surface area contributed by atoms with E-state index in [1.165, 1.54) is 23.0 Å². The molecule has 0 radical (unpaired) electrons. The van der Waals surface area contributed by atoms with Gasteiger partial charge in [0.05, 0.1) is 5.02 Å². The third-order valence-corrected chi connectivity index (χ3v) is 3.31. The predicted octanol–water partition coefficient (Wildman–Crippen LogP) is 3.67. The minimum Gasteiger partial charge on any atom is -0.437 e. The van der Waals surface area contributed by atoms with E-state index in [1.807, 2.05) is 0 Å². The smallest absolute Gasteiger partial charge is 0.256 e. The molecule has 2 aromatic heterocycles. The Balaban J connectivity index is 2.14. The second kappa shape index (κ2) is 4.88. The molecule has 3 rings (SSSR count). The van der Waals surface area contributed by atoms with Crippen LogP contribution in [0.3, 0.4) is 0 Å². The molecule has 0 aliphatic carbocycles. The molecule has 0 bridgehead atoms. The molecule has 0 N–H and O–H groups in total. The molecule has 0 fully saturated rings. The van der Waals surface area contributed by atoms with Gasteiger partial charge in [0.15, 0.2) is 0 Å². The Morgan fingerprint density at radius 1 is 1.30 bits per heavy atom. The predicted molar refractivity (Wildman–Crippen MR) is 72.0 cm³/mol. The Labute approximate surface area is 122 Å². The van der Waals surface area contributed by atoms with Gasteiger partial charge in [0, 0.05) is 5.56 Å². The first-order chi connectivity index (χ1) is 9.56. The number of hydrogen-bond donors (Lipinski definition) is 0. The van der Waals surface area contributed by atoms with Gasteiger partial charge in [-0.15, -0.1) is 0 Å². The largest absolute Gasteiger partial charge is 0.437 e. The van der Waals surface area contributed by atoms with Gasteiger partial charge in [-0.3, -0.25) is 0 Å². The van der Waals surface area contributed by atoms with Crippen molar-refractivity contribution in [1.82, 2.24) is 19.6 Å². The number of halogens is 3. The van der Waals surface area contributed by atoms with Crippen LogP contribution in [0.25, 0.3) is 5.78 Å². The maximum atomic E-state index is 13.0. The summed E-state index contributed by atoms with van der Waals surface area (Å²) < 4.78 is 20.1. The summed E-state index contributed by atoms with van der Waals surface area (Å²) in [7, 11) is 0. The van der Waals surface area contributed by atoms with Crippen molar-refractivity contribution in [3.05, 3.63) is 46.1 Å². The fourth-order valence-corrected chi connectivity index (χ4v) is 2.02. The first-order valence-corrected chi connectivity index (χ1v) is 6.30. The van der Waals surface area contributed by atoms with E-state index in [2.05, 4.69) is 15.1 Å². The molecule has 102 valence electrons. The Hall–Kier alpha value is -1.92. The average molecular weight is 313 g/mol. The zero-order valence-electron chi connectivity index (χ0n) is 10.1. The third-order valence-electron chi connectivity index (χ3n) is 2.65. The number of aromatic nitrogens is 4. The molecule has 3 aromatic rings. The second-order valence-electron chi connectivity index (χ2n) is 3.98. The van der Waals surface area contributed by atoms with Crippen LogP contribution in [0.5, 0.6) is 11.6 Å². The maximum Gasteiger partial charge on any atom is 0.256 e. The van der Waals surface area contributed by atoms with Crippen LogP contribution in [-0.4, -0.2) is 19.6 Å². The highest BCUT2D eigenvalue weighted by Gasteiger charge is 2.15. The van der Waals surface area contributed by atoms with Gasteiger partial charge in [-0.25, -0.2) is 4.39 Å². The highest BCUT2D eigenvalue weighted by molar-refractivity contribution is 6.32. The van der Waals surface area contributed by atoms with E-state index in [0.717, 1.165) is 6.07 Å². The fourth-order valence-electron chi connectivity index (χ4n) is 1.66. The average Bonchev–Trinajstić information content (AvgIpc) is 2.85. The number of fused-ring (bicyclic) bond motifs is 1. The van der Waals surface area contributed by atoms with Crippen LogP contribution < -0.4 is 4.74 Å². The molecule has 0 amide bonds. The van der Waals surface area contributed by atoms with Gasteiger partial charge < -0.3 is 4.74 Å². The number of ether oxygens (including phenoxy) is 1. The van der Waals surface area contributed by atoms with Crippen molar-refractivity contribution in [1.29, 1.82) is 0 Å². The highest BCUT2D eigenvalue weighted by atomic mass is 35.5. The van der Waals surface area contributed by atoms with E-state index in [0.29, 0.717) is 17.2 Å². The van der Waals surface area contributed by atoms with Crippen molar-refractivity contribution in [3.8, 4) is 11.6 Å². The summed E-state index contributed by atoms with van der Waals surface area (Å²) in [6, 6.07) is 3.83. The molecule has 0 atom stereocenters. The topological polar surface area (TPSA) is 52.3 Å². The van der Waals surface area contributed by atoms with Crippen molar-refractivity contribution >= 4 is 29.0 Å². The van der Waals surface area contributed by atoms with Crippen LogP contribution in [-0.2, 0) is 0 Å². The van der Waals surface area contributed by atoms with Gasteiger partial charge >= 0.3 is 0 Å². The van der Waals surface area contributed by atoms with Crippen molar-refractivity contribution in [2.75, 3.05) is 0 Å². The lowest BCUT2D eigenvalue weighted by Gasteiger charge is -2.11. The van der Waals surface area contributed by atoms with Gasteiger partial charge in [-0.2, -0.15) is 19.6 Å². The molecule has 0 spiro atoms. The summed E-state index contributed by atoms with van der Waals surface area (Å²) in [4.78, 5) is 8.00. The van der Waals surface area contributed by atoms with Gasteiger partial charge in [0.25, 0.3) is 5.78 Å². The summed E-state index contributed by atoms with van der Waals surface area (Å²) in [6.45, 7) is 1.73. The lowest BCUT2D eigenvalue weighted by Crippen LogP contribution is -2.02. The van der Waals surface area contributed by atoms with E-state index >= 15 is 0 Å². The Morgan fingerprint density at radius 3 is 2.85 bits per heavy atom. The fraction of sp³-hybridized carbons (Fsp3) is 0.0833. The Morgan fingerprint density at radius 2 is 2.10 bits per heavy atom. The zero-order chi connectivity index (χ0) is 14.3. The van der Waals surface area contributed by atoms with Gasteiger partial charge in [0.1, 0.15) is 23.0 Å². The number of hydrogen-bond acceptors (Lipinski definition) is 4. The van der Waals surface area contributed by atoms with E-state index in [1.54, 1.807) is 6.92 Å². The van der Waals surface area contributed by atoms with Crippen molar-refractivity contribution in [3.63, 3.8) is 0 Å². The van der Waals surface area contributed by atoms with Crippen LogP contribution in [0.1, 0.15) is 5.56 Å². The summed E-state index contributed by atoms with van der Waals surface area (Å²) in [6.07, 6.45) is 1.33. The molecule has 0 saturated heterocycles. The lowest BCUT2D eigenvalue weighted by molar-refractivity contribution is 0.440. The molecule has 1 aromatic carbocycles. The number of benzene rings is 1. The van der Waals surface area contributed by atoms with Crippen LogP contribution in [0.4, 0.5) is 4.39 Å². The zero-order valence-corrected chi connectivity index (χ0v) is 11.7. The quantitative estimate of drug-likeness (QED) is 0.677. The minimum atomic E-state index is -0.447. The Kier molecular flexibility index (Phi) is 3.19. The second-order valence-corrected chi connectivity index (χ2v) is 4.75. The summed E-state index contributed by atoms with van der Waals surface area (Å²) >= 11 is 12.0. The van der Waals surface area contributed by atoms with Gasteiger partial charge in [-0.1, -0.05) is 23.2 Å². The molecule has 20 heavy (non-hydrogen) atoms. The standard InChI is InChI=1S/C12H7Cl2FN4O/c1-6-10(14)18-12-16-5-17-19(12)11(6)20-9-3-2-7(15)4-8(9)13/h2-5H,1H3. The maximum absolute atomic E-state index is 13.0. The van der Waals surface area contributed by atoms with E-state index in [9.17, 15) is 4.39 Å². The van der Waals surface area contributed by atoms with Crippen LogP contribution in [0.15, 0.2) is 24.5 Å². The first kappa shape index (κ1) is 13.1. The summed E-state index contributed by atoms with van der Waals surface area (Å²) in [5.41, 5.74) is 0.574. The number of rotatable bonds is 2. The molecular weight excluding hydrogens is 306 g/mol. The van der Waals surface area contributed by atoms with E-state index < -0.39 is 5.82 Å². The van der Waals surface area contributed by atoms with E-state index in [4.69, 9.17) is 27.9 Å². The van der Waals surface area contributed by atoms with Gasteiger partial charge in [0.2, 0.25) is 5.88 Å². The van der Waals surface area contributed by atoms with Crippen LogP contribution >= 0.6 is 23.2 Å². The molecule has 0 aliphatic heterocycles.